The number of benzene rings is 2. The maximum atomic E-state index is 12.4. The summed E-state index contributed by atoms with van der Waals surface area (Å²) < 4.78 is 20.9. The molecule has 0 spiro atoms. The van der Waals surface area contributed by atoms with E-state index in [-0.39, 0.29) is 12.5 Å². The maximum absolute atomic E-state index is 12.4. The Balaban J connectivity index is 1.65. The zero-order valence-electron chi connectivity index (χ0n) is 15.3. The van der Waals surface area contributed by atoms with Gasteiger partial charge in [0.25, 0.3) is 5.91 Å². The first-order valence-corrected chi connectivity index (χ1v) is 8.25. The Kier molecular flexibility index (Phi) is 5.61. The molecule has 0 fully saturated rings. The molecule has 3 aromatic rings. The van der Waals surface area contributed by atoms with Gasteiger partial charge in [-0.3, -0.25) is 4.79 Å². The summed E-state index contributed by atoms with van der Waals surface area (Å²) in [6.07, 6.45) is 0. The van der Waals surface area contributed by atoms with Gasteiger partial charge in [0.2, 0.25) is 0 Å². The summed E-state index contributed by atoms with van der Waals surface area (Å²) in [4.78, 5) is 12.4. The van der Waals surface area contributed by atoms with Gasteiger partial charge in [0, 0.05) is 17.2 Å². The molecule has 3 rings (SSSR count). The summed E-state index contributed by atoms with van der Waals surface area (Å²) in [7, 11) is 4.68. The summed E-state index contributed by atoms with van der Waals surface area (Å²) in [5, 5.41) is 6.81. The third kappa shape index (κ3) is 4.20. The highest BCUT2D eigenvalue weighted by molar-refractivity contribution is 5.94. The van der Waals surface area contributed by atoms with E-state index in [9.17, 15) is 4.79 Å². The summed E-state index contributed by atoms with van der Waals surface area (Å²) in [5.74, 6) is 2.20. The van der Waals surface area contributed by atoms with Gasteiger partial charge >= 0.3 is 0 Å². The lowest BCUT2D eigenvalue weighted by Gasteiger charge is -2.09. The van der Waals surface area contributed by atoms with E-state index < -0.39 is 0 Å². The molecule has 1 aromatic heterocycles. The van der Waals surface area contributed by atoms with E-state index in [4.69, 9.17) is 18.7 Å². The fourth-order valence-corrected chi connectivity index (χ4v) is 2.54. The number of ether oxygens (including phenoxy) is 3. The molecular weight excluding hydrogens is 348 g/mol. The third-order valence-electron chi connectivity index (χ3n) is 4.01. The van der Waals surface area contributed by atoms with E-state index in [1.807, 2.05) is 24.3 Å². The van der Waals surface area contributed by atoms with Crippen LogP contribution in [-0.4, -0.2) is 32.4 Å². The van der Waals surface area contributed by atoms with Crippen molar-refractivity contribution < 1.29 is 23.5 Å². The molecule has 7 heteroatoms. The molecule has 0 saturated heterocycles. The number of amides is 1. The molecule has 0 unspecified atom stereocenters. The average Bonchev–Trinajstić information content (AvgIpc) is 3.20. The van der Waals surface area contributed by atoms with E-state index in [0.717, 1.165) is 11.3 Å². The van der Waals surface area contributed by atoms with Gasteiger partial charge in [-0.25, -0.2) is 0 Å². The number of nitrogens with zero attached hydrogens (tertiary/aromatic N) is 1. The van der Waals surface area contributed by atoms with Crippen molar-refractivity contribution in [3.05, 3.63) is 59.8 Å². The second kappa shape index (κ2) is 8.27. The molecule has 0 saturated carbocycles. The number of rotatable bonds is 7. The van der Waals surface area contributed by atoms with Crippen LogP contribution in [0, 0.1) is 0 Å². The molecule has 1 N–H and O–H groups in total. The fraction of sp³-hybridized carbons (Fsp3) is 0.200. The van der Waals surface area contributed by atoms with Crippen LogP contribution < -0.4 is 19.5 Å². The van der Waals surface area contributed by atoms with E-state index >= 15 is 0 Å². The number of hydrogen-bond acceptors (Lipinski definition) is 6. The Bertz CT molecular complexity index is 918. The predicted octanol–water partition coefficient (Wildman–Crippen LogP) is 3.30. The zero-order chi connectivity index (χ0) is 19.2. The minimum Gasteiger partial charge on any atom is -0.497 e. The van der Waals surface area contributed by atoms with Crippen LogP contribution in [0.2, 0.25) is 0 Å². The lowest BCUT2D eigenvalue weighted by molar-refractivity contribution is 0.0949. The van der Waals surface area contributed by atoms with Crippen molar-refractivity contribution in [3.63, 3.8) is 0 Å². The Morgan fingerprint density at radius 3 is 2.37 bits per heavy atom. The van der Waals surface area contributed by atoms with Crippen molar-refractivity contribution >= 4 is 5.91 Å². The monoisotopic (exact) mass is 368 g/mol. The molecule has 0 aliphatic rings. The first-order chi connectivity index (χ1) is 13.1. The van der Waals surface area contributed by atoms with E-state index in [1.165, 1.54) is 7.11 Å². The summed E-state index contributed by atoms with van der Waals surface area (Å²) >= 11 is 0. The molecule has 1 heterocycles. The number of hydrogen-bond donors (Lipinski definition) is 1. The Morgan fingerprint density at radius 2 is 1.70 bits per heavy atom. The normalized spacial score (nSPS) is 10.3. The van der Waals surface area contributed by atoms with Gasteiger partial charge in [0.05, 0.1) is 27.9 Å². The van der Waals surface area contributed by atoms with E-state index in [0.29, 0.717) is 28.5 Å². The van der Waals surface area contributed by atoms with Crippen molar-refractivity contribution in [1.82, 2.24) is 10.5 Å². The van der Waals surface area contributed by atoms with Gasteiger partial charge in [-0.1, -0.05) is 5.16 Å². The van der Waals surface area contributed by atoms with Gasteiger partial charge in [0.1, 0.15) is 11.4 Å². The lowest BCUT2D eigenvalue weighted by Crippen LogP contribution is -2.22. The first kappa shape index (κ1) is 18.3. The van der Waals surface area contributed by atoms with E-state index in [2.05, 4.69) is 10.5 Å². The standard InChI is InChI=1S/C20H20N2O5/c1-24-16-7-4-13(5-8-16)18-11-15(22-27-18)12-21-20(23)14-6-9-17(25-2)19(10-14)26-3/h4-11H,12H2,1-3H3,(H,21,23). The summed E-state index contributed by atoms with van der Waals surface area (Å²) in [6.45, 7) is 0.243. The number of aromatic nitrogens is 1. The lowest BCUT2D eigenvalue weighted by atomic mass is 10.1. The van der Waals surface area contributed by atoms with Gasteiger partial charge < -0.3 is 24.1 Å². The minimum atomic E-state index is -0.245. The van der Waals surface area contributed by atoms with Crippen molar-refractivity contribution in [2.75, 3.05) is 21.3 Å². The average molecular weight is 368 g/mol. The van der Waals surface area contributed by atoms with Crippen molar-refractivity contribution in [2.24, 2.45) is 0 Å². The molecule has 0 radical (unpaired) electrons. The van der Waals surface area contributed by atoms with Crippen LogP contribution in [0.15, 0.2) is 53.1 Å². The smallest absolute Gasteiger partial charge is 0.251 e. The molecule has 0 bridgehead atoms. The van der Waals surface area contributed by atoms with Gasteiger partial charge in [0.15, 0.2) is 17.3 Å². The highest BCUT2D eigenvalue weighted by Crippen LogP contribution is 2.27. The summed E-state index contributed by atoms with van der Waals surface area (Å²) in [6, 6.07) is 14.2. The second-order valence-corrected chi connectivity index (χ2v) is 5.66. The quantitative estimate of drug-likeness (QED) is 0.689. The molecule has 2 aromatic carbocycles. The largest absolute Gasteiger partial charge is 0.497 e. The number of nitrogens with one attached hydrogen (secondary N) is 1. The van der Waals surface area contributed by atoms with Crippen LogP contribution in [0.5, 0.6) is 17.2 Å². The topological polar surface area (TPSA) is 82.8 Å². The molecule has 27 heavy (non-hydrogen) atoms. The van der Waals surface area contributed by atoms with Gasteiger partial charge in [-0.15, -0.1) is 0 Å². The van der Waals surface area contributed by atoms with Crippen LogP contribution in [0.1, 0.15) is 16.1 Å². The van der Waals surface area contributed by atoms with Gasteiger partial charge in [-0.05, 0) is 42.5 Å². The van der Waals surface area contributed by atoms with E-state index in [1.54, 1.807) is 38.5 Å². The highest BCUT2D eigenvalue weighted by Gasteiger charge is 2.12. The zero-order valence-corrected chi connectivity index (χ0v) is 15.3. The van der Waals surface area contributed by atoms with Crippen LogP contribution in [0.25, 0.3) is 11.3 Å². The number of carbonyl (C=O) groups excluding carboxylic acids is 1. The van der Waals surface area contributed by atoms with Crippen LogP contribution in [0.4, 0.5) is 0 Å². The number of methoxy groups -OCH3 is 3. The first-order valence-electron chi connectivity index (χ1n) is 8.25. The number of carbonyl (C=O) groups is 1. The molecule has 0 aliphatic carbocycles. The van der Waals surface area contributed by atoms with Crippen molar-refractivity contribution in [3.8, 4) is 28.6 Å². The Hall–Kier alpha value is -3.48. The SMILES string of the molecule is COc1ccc(-c2cc(CNC(=O)c3ccc(OC)c(OC)c3)no2)cc1. The minimum absolute atomic E-state index is 0.243. The molecule has 1 amide bonds. The third-order valence-corrected chi connectivity index (χ3v) is 4.01. The van der Waals surface area contributed by atoms with Crippen LogP contribution in [0.3, 0.4) is 0 Å². The summed E-state index contributed by atoms with van der Waals surface area (Å²) in [5.41, 5.74) is 1.96. The Morgan fingerprint density at radius 1 is 0.963 bits per heavy atom. The maximum Gasteiger partial charge on any atom is 0.251 e. The van der Waals surface area contributed by atoms with Crippen LogP contribution in [-0.2, 0) is 6.54 Å². The molecular formula is C20H20N2O5. The molecule has 0 aliphatic heterocycles. The fourth-order valence-electron chi connectivity index (χ4n) is 2.54. The van der Waals surface area contributed by atoms with Crippen LogP contribution >= 0.6 is 0 Å². The predicted molar refractivity (Wildman–Crippen MR) is 99.2 cm³/mol. The van der Waals surface area contributed by atoms with Gasteiger partial charge in [-0.2, -0.15) is 0 Å². The van der Waals surface area contributed by atoms with Crippen molar-refractivity contribution in [2.45, 2.75) is 6.54 Å². The second-order valence-electron chi connectivity index (χ2n) is 5.66. The van der Waals surface area contributed by atoms with Crippen molar-refractivity contribution in [1.29, 1.82) is 0 Å². The Labute approximate surface area is 156 Å². The highest BCUT2D eigenvalue weighted by atomic mass is 16.5. The molecule has 140 valence electrons. The molecule has 7 nitrogen and oxygen atoms in total. The molecule has 0 atom stereocenters.